The van der Waals surface area contributed by atoms with Gasteiger partial charge in [-0.25, -0.2) is 4.39 Å². The topological polar surface area (TPSA) is 9.23 Å². The lowest BCUT2D eigenvalue weighted by Gasteiger charge is -2.37. The minimum Gasteiger partial charge on any atom is -0.486 e. The number of benzene rings is 1. The van der Waals surface area contributed by atoms with E-state index in [9.17, 15) is 8.78 Å². The van der Waals surface area contributed by atoms with Crippen LogP contribution in [0.3, 0.4) is 0 Å². The summed E-state index contributed by atoms with van der Waals surface area (Å²) in [7, 11) is 0. The summed E-state index contributed by atoms with van der Waals surface area (Å²) in [6, 6.07) is 3.27. The second kappa shape index (κ2) is 8.33. The smallest absolute Gasteiger partial charge is 0.200 e. The molecular weight excluding hydrogens is 318 g/mol. The predicted octanol–water partition coefficient (Wildman–Crippen LogP) is 7.12. The second-order valence-electron chi connectivity index (χ2n) is 8.01. The molecule has 2 fully saturated rings. The molecule has 0 amide bonds. The minimum absolute atomic E-state index is 0. The molecule has 0 saturated heterocycles. The van der Waals surface area contributed by atoms with Gasteiger partial charge in [-0.15, -0.1) is 0 Å². The van der Waals surface area contributed by atoms with Crippen molar-refractivity contribution in [2.24, 2.45) is 17.8 Å². The Kier molecular flexibility index (Phi) is 6.14. The van der Waals surface area contributed by atoms with E-state index in [1.807, 2.05) is 0 Å². The molecule has 142 valence electrons. The Hall–Kier alpha value is -1.38. The number of hydrogen-bond acceptors (Lipinski definition) is 1. The quantitative estimate of drug-likeness (QED) is 0.512. The lowest BCUT2D eigenvalue weighted by Crippen LogP contribution is -2.25. The molecule has 1 nitrogen and oxygen atoms in total. The molecular formula is C22H34F2O. The van der Waals surface area contributed by atoms with E-state index in [0.717, 1.165) is 43.4 Å². The van der Waals surface area contributed by atoms with Gasteiger partial charge in [0, 0.05) is 2.85 Å². The molecule has 0 unspecified atom stereocenters. The number of hydrogen-bond donors (Lipinski definition) is 0. The van der Waals surface area contributed by atoms with Crippen LogP contribution in [0.1, 0.15) is 72.6 Å². The third-order valence-electron chi connectivity index (χ3n) is 6.37. The molecule has 25 heavy (non-hydrogen) atoms. The Morgan fingerprint density at radius 3 is 2.20 bits per heavy atom. The monoisotopic (exact) mass is 352 g/mol. The van der Waals surface area contributed by atoms with Crippen LogP contribution in [0.4, 0.5) is 8.78 Å². The minimum atomic E-state index is -0.859. The molecule has 0 heterocycles. The van der Waals surface area contributed by atoms with Crippen LogP contribution in [0.25, 0.3) is 0 Å². The first kappa shape index (κ1) is 18.4. The Morgan fingerprint density at radius 1 is 1.00 bits per heavy atom. The van der Waals surface area contributed by atoms with Crippen molar-refractivity contribution in [2.45, 2.75) is 64.2 Å². The maximum Gasteiger partial charge on any atom is 0.200 e. The molecule has 0 spiro atoms. The van der Waals surface area contributed by atoms with Crippen LogP contribution in [-0.2, 0) is 0 Å². The highest BCUT2D eigenvalue weighted by Crippen LogP contribution is 2.44. The number of rotatable bonds is 5. The van der Waals surface area contributed by atoms with Crippen molar-refractivity contribution in [1.29, 1.82) is 0 Å². The highest BCUT2D eigenvalue weighted by molar-refractivity contribution is 5.33. The summed E-state index contributed by atoms with van der Waals surface area (Å²) >= 11 is 0. The van der Waals surface area contributed by atoms with Gasteiger partial charge in [0.25, 0.3) is 0 Å². The molecule has 2 aliphatic rings. The molecule has 3 rings (SSSR count). The van der Waals surface area contributed by atoms with Crippen LogP contribution < -0.4 is 4.74 Å². The normalized spacial score (nSPS) is 30.0. The molecule has 1 aromatic carbocycles. The summed E-state index contributed by atoms with van der Waals surface area (Å²) in [5.74, 6) is 1.05. The summed E-state index contributed by atoms with van der Waals surface area (Å²) in [5, 5.41) is 0. The van der Waals surface area contributed by atoms with E-state index in [1.54, 1.807) is 12.1 Å². The van der Waals surface area contributed by atoms with Crippen LogP contribution in [0.15, 0.2) is 24.8 Å². The fourth-order valence-corrected chi connectivity index (χ4v) is 4.78. The first-order valence-electron chi connectivity index (χ1n) is 9.81. The summed E-state index contributed by atoms with van der Waals surface area (Å²) in [6.45, 7) is 6.06. The average Bonchev–Trinajstić information content (AvgIpc) is 2.64. The summed E-state index contributed by atoms with van der Waals surface area (Å²) in [4.78, 5) is 0. The van der Waals surface area contributed by atoms with Crippen molar-refractivity contribution in [3.63, 3.8) is 0 Å². The van der Waals surface area contributed by atoms with Crippen molar-refractivity contribution in [2.75, 3.05) is 6.61 Å². The average molecular weight is 353 g/mol. The number of ether oxygens (including phenoxy) is 1. The van der Waals surface area contributed by atoms with E-state index in [-0.39, 0.29) is 21.1 Å². The van der Waals surface area contributed by atoms with Gasteiger partial charge < -0.3 is 4.74 Å². The van der Waals surface area contributed by atoms with Gasteiger partial charge in [0.05, 0.1) is 0 Å². The van der Waals surface area contributed by atoms with Crippen molar-refractivity contribution in [3.8, 4) is 5.75 Å². The molecule has 1 aromatic rings. The first-order valence-corrected chi connectivity index (χ1v) is 9.81. The van der Waals surface area contributed by atoms with Crippen molar-refractivity contribution in [3.05, 3.63) is 42.0 Å². The first-order chi connectivity index (χ1) is 12.1. The SMILES string of the molecule is C=CCOc1ccc(C2CCC(C3CCC(C)CC3)CC2)c(F)c1F.[HH].[HH]. The van der Waals surface area contributed by atoms with Crippen LogP contribution in [0.2, 0.25) is 0 Å². The fraction of sp³-hybridized carbons (Fsp3) is 0.636. The van der Waals surface area contributed by atoms with Gasteiger partial charge >= 0.3 is 0 Å². The highest BCUT2D eigenvalue weighted by Gasteiger charge is 2.32. The van der Waals surface area contributed by atoms with E-state index in [0.29, 0.717) is 5.56 Å². The molecule has 0 atom stereocenters. The molecule has 0 N–H and O–H groups in total. The predicted molar refractivity (Wildman–Crippen MR) is 102 cm³/mol. The Balaban J connectivity index is 0.00000182. The van der Waals surface area contributed by atoms with Crippen LogP contribution in [0.5, 0.6) is 5.75 Å². The van der Waals surface area contributed by atoms with Crippen molar-refractivity contribution in [1.82, 2.24) is 0 Å². The van der Waals surface area contributed by atoms with Gasteiger partial charge in [-0.3, -0.25) is 0 Å². The largest absolute Gasteiger partial charge is 0.486 e. The van der Waals surface area contributed by atoms with Gasteiger partial charge in [-0.1, -0.05) is 38.5 Å². The Bertz CT molecular complexity index is 592. The summed E-state index contributed by atoms with van der Waals surface area (Å²) in [5.41, 5.74) is 0.527. The van der Waals surface area contributed by atoms with E-state index < -0.39 is 11.6 Å². The van der Waals surface area contributed by atoms with Gasteiger partial charge in [0.2, 0.25) is 5.82 Å². The van der Waals surface area contributed by atoms with E-state index in [1.165, 1.54) is 31.8 Å². The summed E-state index contributed by atoms with van der Waals surface area (Å²) < 4.78 is 33.9. The third kappa shape index (κ3) is 4.24. The van der Waals surface area contributed by atoms with Crippen LogP contribution >= 0.6 is 0 Å². The van der Waals surface area contributed by atoms with Crippen LogP contribution in [-0.4, -0.2) is 6.61 Å². The zero-order valence-electron chi connectivity index (χ0n) is 15.3. The summed E-state index contributed by atoms with van der Waals surface area (Å²) in [6.07, 6.45) is 11.2. The lowest BCUT2D eigenvalue weighted by atomic mass is 9.68. The zero-order chi connectivity index (χ0) is 17.8. The maximum absolute atomic E-state index is 14.5. The van der Waals surface area contributed by atoms with Crippen molar-refractivity contribution >= 4 is 0 Å². The van der Waals surface area contributed by atoms with Gasteiger partial charge in [0.15, 0.2) is 11.6 Å². The fourth-order valence-electron chi connectivity index (χ4n) is 4.78. The molecule has 0 radical (unpaired) electrons. The van der Waals surface area contributed by atoms with Gasteiger partial charge in [-0.2, -0.15) is 4.39 Å². The van der Waals surface area contributed by atoms with Gasteiger partial charge in [0.1, 0.15) is 6.61 Å². The molecule has 0 aromatic heterocycles. The molecule has 2 saturated carbocycles. The molecule has 2 aliphatic carbocycles. The molecule has 3 heteroatoms. The van der Waals surface area contributed by atoms with Gasteiger partial charge in [-0.05, 0) is 73.8 Å². The highest BCUT2D eigenvalue weighted by atomic mass is 19.2. The molecule has 0 aliphatic heterocycles. The standard InChI is InChI=1S/C22H30F2O.2H2/c1-3-14-25-20-13-12-19(21(23)22(20)24)18-10-8-17(9-11-18)16-6-4-15(2)5-7-16;;/h3,12-13,15-18H,1,4-11,14H2,2H3;2*1H. The van der Waals surface area contributed by atoms with E-state index in [4.69, 9.17) is 4.74 Å². The zero-order valence-corrected chi connectivity index (χ0v) is 15.3. The van der Waals surface area contributed by atoms with E-state index >= 15 is 0 Å². The van der Waals surface area contributed by atoms with Crippen molar-refractivity contribution < 1.29 is 16.4 Å². The molecule has 0 bridgehead atoms. The second-order valence-corrected chi connectivity index (χ2v) is 8.01. The lowest BCUT2D eigenvalue weighted by molar-refractivity contribution is 0.164. The number of halogens is 2. The Labute approximate surface area is 153 Å². The van der Waals surface area contributed by atoms with E-state index in [2.05, 4.69) is 13.5 Å². The Morgan fingerprint density at radius 2 is 1.60 bits per heavy atom. The third-order valence-corrected chi connectivity index (χ3v) is 6.37. The van der Waals surface area contributed by atoms with Crippen LogP contribution in [0, 0.1) is 29.4 Å². The maximum atomic E-state index is 14.5.